The van der Waals surface area contributed by atoms with Crippen LogP contribution < -0.4 is 0 Å². The van der Waals surface area contributed by atoms with E-state index in [9.17, 15) is 19.2 Å². The summed E-state index contributed by atoms with van der Waals surface area (Å²) < 4.78 is 0. The third-order valence-electron chi connectivity index (χ3n) is 1.70. The highest BCUT2D eigenvalue weighted by atomic mass is 35.5. The van der Waals surface area contributed by atoms with E-state index in [1.54, 1.807) is 0 Å². The molecule has 0 N–H and O–H groups in total. The van der Waals surface area contributed by atoms with Crippen LogP contribution in [0.25, 0.3) is 0 Å². The van der Waals surface area contributed by atoms with Crippen molar-refractivity contribution in [1.29, 1.82) is 0 Å². The summed E-state index contributed by atoms with van der Waals surface area (Å²) in [5.41, 5.74) is 0. The van der Waals surface area contributed by atoms with Gasteiger partial charge >= 0.3 is 0 Å². The van der Waals surface area contributed by atoms with E-state index in [1.807, 2.05) is 0 Å². The van der Waals surface area contributed by atoms with Crippen LogP contribution in [0.15, 0.2) is 0 Å². The Kier molecular flexibility index (Phi) is 4.94. The van der Waals surface area contributed by atoms with Crippen molar-refractivity contribution in [2.45, 2.75) is 13.8 Å². The second-order valence-corrected chi connectivity index (χ2v) is 3.53. The van der Waals surface area contributed by atoms with Crippen LogP contribution in [0.2, 0.25) is 0 Å². The Morgan fingerprint density at radius 3 is 1.07 bits per heavy atom. The highest BCUT2D eigenvalue weighted by Gasteiger charge is 2.38. The van der Waals surface area contributed by atoms with Crippen LogP contribution in [0.4, 0.5) is 0 Å². The van der Waals surface area contributed by atoms with Gasteiger partial charge in [-0.1, -0.05) is 0 Å². The van der Waals surface area contributed by atoms with Gasteiger partial charge in [-0.15, -0.1) is 0 Å². The molecule has 0 aliphatic carbocycles. The molecule has 0 aromatic heterocycles. The molecule has 0 aliphatic heterocycles. The van der Waals surface area contributed by atoms with Crippen molar-refractivity contribution in [3.8, 4) is 0 Å². The maximum absolute atomic E-state index is 11.0. The predicted octanol–water partition coefficient (Wildman–Crippen LogP) is 0.928. The number of carbonyl (C=O) groups is 4. The molecule has 0 radical (unpaired) electrons. The van der Waals surface area contributed by atoms with Crippen molar-refractivity contribution < 1.29 is 19.2 Å². The summed E-state index contributed by atoms with van der Waals surface area (Å²) in [4.78, 5) is 43.6. The number of carbonyl (C=O) groups excluding carboxylic acids is 4. The van der Waals surface area contributed by atoms with Gasteiger partial charge in [-0.2, -0.15) is 0 Å². The minimum atomic E-state index is -1.47. The first-order valence-corrected chi connectivity index (χ1v) is 4.44. The summed E-state index contributed by atoms with van der Waals surface area (Å²) in [5, 5.41) is -2.10. The lowest BCUT2D eigenvalue weighted by Gasteiger charge is -2.15. The molecular formula is C8H8Cl2O4. The number of rotatable bonds is 5. The number of halogens is 2. The average Bonchev–Trinajstić information content (AvgIpc) is 1.96. The molecule has 0 aromatic carbocycles. The van der Waals surface area contributed by atoms with E-state index in [2.05, 4.69) is 0 Å². The first-order valence-electron chi connectivity index (χ1n) is 3.68. The van der Waals surface area contributed by atoms with Crippen LogP contribution in [0.5, 0.6) is 0 Å². The molecule has 2 unspecified atom stereocenters. The van der Waals surface area contributed by atoms with Gasteiger partial charge in [0.2, 0.25) is 10.5 Å². The molecular weight excluding hydrogens is 231 g/mol. The number of ketones is 2. The second-order valence-electron chi connectivity index (χ2n) is 2.78. The van der Waals surface area contributed by atoms with Gasteiger partial charge < -0.3 is 0 Å². The van der Waals surface area contributed by atoms with Crippen molar-refractivity contribution in [2.75, 3.05) is 0 Å². The summed E-state index contributed by atoms with van der Waals surface area (Å²) in [7, 11) is 0. The SMILES string of the molecule is CC(=O)C(C(=O)Cl)C(C(C)=O)C(=O)Cl. The number of Topliss-reactive ketones (excluding diaryl/α,β-unsaturated/α-hetero) is 2. The quantitative estimate of drug-likeness (QED) is 0.528. The van der Waals surface area contributed by atoms with Crippen LogP contribution >= 0.6 is 23.2 Å². The Bertz CT molecular complexity index is 240. The van der Waals surface area contributed by atoms with Crippen molar-refractivity contribution in [2.24, 2.45) is 11.8 Å². The standard InChI is InChI=1S/C8H8Cl2O4/c1-3(11)5(7(9)13)6(4(2)12)8(10)14/h5-6H,1-2H3. The van der Waals surface area contributed by atoms with E-state index in [1.165, 1.54) is 0 Å². The van der Waals surface area contributed by atoms with Gasteiger partial charge in [0.05, 0.1) is 0 Å². The fourth-order valence-corrected chi connectivity index (χ4v) is 1.61. The smallest absolute Gasteiger partial charge is 0.233 e. The molecule has 0 fully saturated rings. The second kappa shape index (κ2) is 5.22. The largest absolute Gasteiger partial charge is 0.299 e. The van der Waals surface area contributed by atoms with Gasteiger partial charge in [0, 0.05) is 0 Å². The fraction of sp³-hybridized carbons (Fsp3) is 0.500. The van der Waals surface area contributed by atoms with Crippen LogP contribution in [0.3, 0.4) is 0 Å². The molecule has 0 rings (SSSR count). The van der Waals surface area contributed by atoms with Crippen LogP contribution in [0.1, 0.15) is 13.8 Å². The van der Waals surface area contributed by atoms with Crippen molar-refractivity contribution in [3.63, 3.8) is 0 Å². The Morgan fingerprint density at radius 2 is 1.00 bits per heavy atom. The normalized spacial score (nSPS) is 14.3. The molecule has 0 spiro atoms. The zero-order chi connectivity index (χ0) is 11.5. The van der Waals surface area contributed by atoms with Gasteiger partial charge in [0.25, 0.3) is 0 Å². The average molecular weight is 239 g/mol. The molecule has 0 saturated carbocycles. The first-order chi connectivity index (χ1) is 6.29. The van der Waals surface area contributed by atoms with E-state index in [0.29, 0.717) is 0 Å². The number of hydrogen-bond acceptors (Lipinski definition) is 4. The lowest BCUT2D eigenvalue weighted by Crippen LogP contribution is -2.35. The molecule has 0 aromatic rings. The topological polar surface area (TPSA) is 68.3 Å². The van der Waals surface area contributed by atoms with E-state index in [4.69, 9.17) is 23.2 Å². The van der Waals surface area contributed by atoms with Gasteiger partial charge in [0.1, 0.15) is 23.4 Å². The molecule has 0 bridgehead atoms. The molecule has 0 aliphatic rings. The zero-order valence-corrected chi connectivity index (χ0v) is 9.06. The molecule has 78 valence electrons. The Balaban J connectivity index is 5.13. The van der Waals surface area contributed by atoms with E-state index in [-0.39, 0.29) is 0 Å². The third-order valence-corrected chi connectivity index (χ3v) is 2.17. The Morgan fingerprint density at radius 1 is 0.786 bits per heavy atom. The molecule has 0 saturated heterocycles. The van der Waals surface area contributed by atoms with Crippen molar-refractivity contribution >= 4 is 45.3 Å². The fourth-order valence-electron chi connectivity index (χ4n) is 1.05. The number of hydrogen-bond donors (Lipinski definition) is 0. The molecule has 0 amide bonds. The summed E-state index contributed by atoms with van der Waals surface area (Å²) >= 11 is 10.2. The minimum Gasteiger partial charge on any atom is -0.299 e. The Labute approximate surface area is 90.5 Å². The molecule has 14 heavy (non-hydrogen) atoms. The lowest BCUT2D eigenvalue weighted by atomic mass is 9.88. The van der Waals surface area contributed by atoms with E-state index >= 15 is 0 Å². The van der Waals surface area contributed by atoms with Crippen LogP contribution in [-0.2, 0) is 19.2 Å². The highest BCUT2D eigenvalue weighted by molar-refractivity contribution is 6.69. The lowest BCUT2D eigenvalue weighted by molar-refractivity contribution is -0.140. The summed E-state index contributed by atoms with van der Waals surface area (Å²) in [5.74, 6) is -4.25. The third kappa shape index (κ3) is 3.20. The van der Waals surface area contributed by atoms with E-state index in [0.717, 1.165) is 13.8 Å². The van der Waals surface area contributed by atoms with Crippen LogP contribution in [0, 0.1) is 11.8 Å². The van der Waals surface area contributed by atoms with E-state index < -0.39 is 33.9 Å². The van der Waals surface area contributed by atoms with Gasteiger partial charge in [0.15, 0.2) is 0 Å². The molecule has 0 heterocycles. The first kappa shape index (κ1) is 13.3. The maximum atomic E-state index is 11.0. The molecule has 6 heteroatoms. The summed E-state index contributed by atoms with van der Waals surface area (Å²) in [6, 6.07) is 0. The monoisotopic (exact) mass is 238 g/mol. The van der Waals surface area contributed by atoms with Gasteiger partial charge in [-0.3, -0.25) is 19.2 Å². The Hall–Kier alpha value is -0.740. The summed E-state index contributed by atoms with van der Waals surface area (Å²) in [6.07, 6.45) is 0. The van der Waals surface area contributed by atoms with Crippen LogP contribution in [-0.4, -0.2) is 22.1 Å². The van der Waals surface area contributed by atoms with Gasteiger partial charge in [-0.05, 0) is 37.0 Å². The predicted molar refractivity (Wildman–Crippen MR) is 50.1 cm³/mol. The van der Waals surface area contributed by atoms with Gasteiger partial charge in [-0.25, -0.2) is 0 Å². The summed E-state index contributed by atoms with van der Waals surface area (Å²) in [6.45, 7) is 2.14. The zero-order valence-electron chi connectivity index (χ0n) is 7.54. The highest BCUT2D eigenvalue weighted by Crippen LogP contribution is 2.20. The maximum Gasteiger partial charge on any atom is 0.233 e. The molecule has 4 nitrogen and oxygen atoms in total. The minimum absolute atomic E-state index is 0.654. The van der Waals surface area contributed by atoms with Crippen molar-refractivity contribution in [3.05, 3.63) is 0 Å². The molecule has 2 atom stereocenters. The van der Waals surface area contributed by atoms with Crippen molar-refractivity contribution in [1.82, 2.24) is 0 Å².